The van der Waals surface area contributed by atoms with E-state index in [9.17, 15) is 4.79 Å². The van der Waals surface area contributed by atoms with Gasteiger partial charge in [-0.1, -0.05) is 26.0 Å². The Hall–Kier alpha value is -2.20. The van der Waals surface area contributed by atoms with Gasteiger partial charge in [0.2, 0.25) is 5.91 Å². The van der Waals surface area contributed by atoms with E-state index in [0.717, 1.165) is 25.2 Å². The van der Waals surface area contributed by atoms with Gasteiger partial charge in [-0.15, -0.1) is 0 Å². The molecule has 4 nitrogen and oxygen atoms in total. The van der Waals surface area contributed by atoms with E-state index < -0.39 is 0 Å². The Bertz CT molecular complexity index is 623. The van der Waals surface area contributed by atoms with E-state index in [2.05, 4.69) is 41.2 Å². The number of carbonyl (C=O) groups is 1. The molecule has 1 amide bonds. The molecule has 2 rings (SSSR count). The molecule has 0 fully saturated rings. The van der Waals surface area contributed by atoms with Crippen molar-refractivity contribution in [1.29, 1.82) is 0 Å². The number of nitrogens with zero attached hydrogens (tertiary/aromatic N) is 2. The molecule has 0 aliphatic carbocycles. The molecule has 1 aromatic heterocycles. The van der Waals surface area contributed by atoms with Gasteiger partial charge in [-0.3, -0.25) is 9.78 Å². The van der Waals surface area contributed by atoms with Gasteiger partial charge in [0.15, 0.2) is 0 Å². The number of amides is 1. The summed E-state index contributed by atoms with van der Waals surface area (Å²) in [5.41, 5.74) is 3.42. The molecule has 24 heavy (non-hydrogen) atoms. The fourth-order valence-corrected chi connectivity index (χ4v) is 2.45. The molecule has 0 saturated carbocycles. The maximum atomic E-state index is 12.1. The summed E-state index contributed by atoms with van der Waals surface area (Å²) < 4.78 is 0. The fourth-order valence-electron chi connectivity index (χ4n) is 2.45. The first kappa shape index (κ1) is 18.1. The van der Waals surface area contributed by atoms with Crippen LogP contribution in [0.2, 0.25) is 0 Å². The molecule has 1 heterocycles. The first-order valence-electron chi connectivity index (χ1n) is 8.52. The monoisotopic (exact) mass is 325 g/mol. The van der Waals surface area contributed by atoms with Crippen LogP contribution in [0.3, 0.4) is 0 Å². The predicted molar refractivity (Wildman–Crippen MR) is 99.2 cm³/mol. The summed E-state index contributed by atoms with van der Waals surface area (Å²) >= 11 is 0. The van der Waals surface area contributed by atoms with Gasteiger partial charge in [-0.2, -0.15) is 0 Å². The molecule has 1 N–H and O–H groups in total. The molecule has 0 atom stereocenters. The van der Waals surface area contributed by atoms with Gasteiger partial charge in [-0.05, 0) is 54.8 Å². The molecular weight excluding hydrogens is 298 g/mol. The van der Waals surface area contributed by atoms with Gasteiger partial charge in [0, 0.05) is 37.6 Å². The molecular formula is C20H27N3O. The summed E-state index contributed by atoms with van der Waals surface area (Å²) in [6.45, 7) is 6.01. The van der Waals surface area contributed by atoms with Crippen molar-refractivity contribution in [1.82, 2.24) is 9.88 Å². The molecule has 0 bridgehead atoms. The topological polar surface area (TPSA) is 45.2 Å². The van der Waals surface area contributed by atoms with E-state index in [0.29, 0.717) is 12.3 Å². The first-order valence-corrected chi connectivity index (χ1v) is 8.52. The highest BCUT2D eigenvalue weighted by Gasteiger charge is 2.06. The minimum atomic E-state index is 0.0584. The Morgan fingerprint density at radius 3 is 2.38 bits per heavy atom. The summed E-state index contributed by atoms with van der Waals surface area (Å²) in [4.78, 5) is 18.3. The third-order valence-electron chi connectivity index (χ3n) is 4.11. The normalized spacial score (nSPS) is 11.0. The van der Waals surface area contributed by atoms with Crippen LogP contribution in [0.25, 0.3) is 0 Å². The lowest BCUT2D eigenvalue weighted by Crippen LogP contribution is -2.26. The SMILES string of the molecule is CC(C)c1ccc(NC(=O)CCN(C)CCc2ccncc2)cc1. The molecule has 128 valence electrons. The van der Waals surface area contributed by atoms with Crippen molar-refractivity contribution in [3.63, 3.8) is 0 Å². The number of rotatable bonds is 8. The zero-order valence-electron chi connectivity index (χ0n) is 14.8. The summed E-state index contributed by atoms with van der Waals surface area (Å²) in [7, 11) is 2.05. The molecule has 0 radical (unpaired) electrons. The Kier molecular flexibility index (Phi) is 6.94. The van der Waals surface area contributed by atoms with Gasteiger partial charge in [0.05, 0.1) is 0 Å². The van der Waals surface area contributed by atoms with E-state index in [1.165, 1.54) is 11.1 Å². The summed E-state index contributed by atoms with van der Waals surface area (Å²) in [5, 5.41) is 2.96. The Labute approximate surface area is 144 Å². The third kappa shape index (κ3) is 6.13. The molecule has 0 unspecified atom stereocenters. The van der Waals surface area contributed by atoms with Crippen LogP contribution in [0.1, 0.15) is 37.3 Å². The minimum absolute atomic E-state index is 0.0584. The van der Waals surface area contributed by atoms with Crippen molar-refractivity contribution < 1.29 is 4.79 Å². The summed E-state index contributed by atoms with van der Waals surface area (Å²) in [5.74, 6) is 0.562. The van der Waals surface area contributed by atoms with Crippen molar-refractivity contribution in [2.24, 2.45) is 0 Å². The summed E-state index contributed by atoms with van der Waals surface area (Å²) in [6, 6.07) is 12.1. The van der Waals surface area contributed by atoms with Gasteiger partial charge < -0.3 is 10.2 Å². The molecule has 0 aliphatic heterocycles. The van der Waals surface area contributed by atoms with E-state index in [1.807, 2.05) is 43.7 Å². The van der Waals surface area contributed by atoms with Crippen molar-refractivity contribution in [2.75, 3.05) is 25.5 Å². The van der Waals surface area contributed by atoms with Crippen LogP contribution in [0.5, 0.6) is 0 Å². The maximum Gasteiger partial charge on any atom is 0.225 e. The fraction of sp³-hybridized carbons (Fsp3) is 0.400. The third-order valence-corrected chi connectivity index (χ3v) is 4.11. The van der Waals surface area contributed by atoms with Crippen LogP contribution in [0.4, 0.5) is 5.69 Å². The average molecular weight is 325 g/mol. The van der Waals surface area contributed by atoms with Gasteiger partial charge in [0.25, 0.3) is 0 Å². The Balaban J connectivity index is 1.70. The Morgan fingerprint density at radius 2 is 1.75 bits per heavy atom. The largest absolute Gasteiger partial charge is 0.326 e. The number of aromatic nitrogens is 1. The van der Waals surface area contributed by atoms with Crippen LogP contribution in [-0.4, -0.2) is 35.9 Å². The number of hydrogen-bond donors (Lipinski definition) is 1. The molecule has 1 aromatic carbocycles. The van der Waals surface area contributed by atoms with Crippen LogP contribution < -0.4 is 5.32 Å². The number of hydrogen-bond acceptors (Lipinski definition) is 3. The van der Waals surface area contributed by atoms with Crippen LogP contribution in [0.15, 0.2) is 48.8 Å². The second-order valence-corrected chi connectivity index (χ2v) is 6.48. The number of nitrogens with one attached hydrogen (secondary N) is 1. The second kappa shape index (κ2) is 9.18. The highest BCUT2D eigenvalue weighted by atomic mass is 16.1. The van der Waals surface area contributed by atoms with Crippen molar-refractivity contribution in [3.8, 4) is 0 Å². The van der Waals surface area contributed by atoms with Crippen molar-refractivity contribution in [2.45, 2.75) is 32.6 Å². The van der Waals surface area contributed by atoms with E-state index in [1.54, 1.807) is 0 Å². The predicted octanol–water partition coefficient (Wildman–Crippen LogP) is 3.71. The van der Waals surface area contributed by atoms with Gasteiger partial charge >= 0.3 is 0 Å². The Morgan fingerprint density at radius 1 is 1.08 bits per heavy atom. The second-order valence-electron chi connectivity index (χ2n) is 6.48. The number of likely N-dealkylation sites (N-methyl/N-ethyl adjacent to an activating group) is 1. The van der Waals surface area contributed by atoms with E-state index in [-0.39, 0.29) is 5.91 Å². The van der Waals surface area contributed by atoms with Gasteiger partial charge in [0.1, 0.15) is 0 Å². The molecule has 0 aliphatic rings. The number of pyridine rings is 1. The zero-order chi connectivity index (χ0) is 17.4. The number of anilines is 1. The van der Waals surface area contributed by atoms with Crippen LogP contribution in [0, 0.1) is 0 Å². The van der Waals surface area contributed by atoms with E-state index in [4.69, 9.17) is 0 Å². The van der Waals surface area contributed by atoms with Gasteiger partial charge in [-0.25, -0.2) is 0 Å². The van der Waals surface area contributed by atoms with Crippen LogP contribution in [-0.2, 0) is 11.2 Å². The molecule has 4 heteroatoms. The van der Waals surface area contributed by atoms with E-state index >= 15 is 0 Å². The zero-order valence-corrected chi connectivity index (χ0v) is 14.8. The number of benzene rings is 1. The minimum Gasteiger partial charge on any atom is -0.326 e. The first-order chi connectivity index (χ1) is 11.5. The molecule has 0 saturated heterocycles. The smallest absolute Gasteiger partial charge is 0.225 e. The quantitative estimate of drug-likeness (QED) is 0.805. The average Bonchev–Trinajstić information content (AvgIpc) is 2.59. The summed E-state index contributed by atoms with van der Waals surface area (Å²) in [6.07, 6.45) is 5.09. The highest BCUT2D eigenvalue weighted by Crippen LogP contribution is 2.17. The molecule has 2 aromatic rings. The lowest BCUT2D eigenvalue weighted by atomic mass is 10.0. The lowest BCUT2D eigenvalue weighted by molar-refractivity contribution is -0.116. The highest BCUT2D eigenvalue weighted by molar-refractivity contribution is 5.90. The lowest BCUT2D eigenvalue weighted by Gasteiger charge is -2.16. The van der Waals surface area contributed by atoms with Crippen LogP contribution >= 0.6 is 0 Å². The number of carbonyl (C=O) groups excluding carboxylic acids is 1. The standard InChI is InChI=1S/C20H27N3O/c1-16(2)18-4-6-19(7-5-18)22-20(24)11-15-23(3)14-10-17-8-12-21-13-9-17/h4-9,12-13,16H,10-11,14-15H2,1-3H3,(H,22,24). The van der Waals surface area contributed by atoms with Crippen molar-refractivity contribution >= 4 is 11.6 Å². The maximum absolute atomic E-state index is 12.1. The van der Waals surface area contributed by atoms with Crippen molar-refractivity contribution in [3.05, 3.63) is 59.9 Å². The molecule has 0 spiro atoms.